The first kappa shape index (κ1) is 15.2. The van der Waals surface area contributed by atoms with E-state index in [-0.39, 0.29) is 6.04 Å². The van der Waals surface area contributed by atoms with Gasteiger partial charge in [0.05, 0.1) is 12.6 Å². The molecule has 5 heteroatoms. The lowest BCUT2D eigenvalue weighted by molar-refractivity contribution is 0.214. The number of aliphatic imine (C=N–C) groups is 1. The molecule has 5 nitrogen and oxygen atoms in total. The van der Waals surface area contributed by atoms with Crippen molar-refractivity contribution in [2.45, 2.75) is 25.3 Å². The molecule has 1 aromatic rings. The minimum atomic E-state index is 0.197. The first-order valence-electron chi connectivity index (χ1n) is 8.19. The molecule has 120 valence electrons. The molecule has 1 fully saturated rings. The molecule has 0 aliphatic carbocycles. The zero-order valence-electron chi connectivity index (χ0n) is 13.3. The van der Waals surface area contributed by atoms with Gasteiger partial charge in [-0.3, -0.25) is 4.99 Å². The molecule has 0 saturated carbocycles. The number of fused-ring (bicyclic) bond motifs is 1. The number of piperidine rings is 1. The SMILES string of the molecule is CN1CCCC(CN=C(N)NC2CCOc3ccccc32)C1. The number of guanidine groups is 1. The summed E-state index contributed by atoms with van der Waals surface area (Å²) in [5.41, 5.74) is 7.27. The Labute approximate surface area is 132 Å². The van der Waals surface area contributed by atoms with Gasteiger partial charge in [0.2, 0.25) is 0 Å². The summed E-state index contributed by atoms with van der Waals surface area (Å²) in [6, 6.07) is 8.33. The average molecular weight is 302 g/mol. The lowest BCUT2D eigenvalue weighted by Crippen LogP contribution is -2.38. The Hall–Kier alpha value is -1.75. The third kappa shape index (κ3) is 3.71. The van der Waals surface area contributed by atoms with E-state index in [1.807, 2.05) is 18.2 Å². The molecule has 0 bridgehead atoms. The number of likely N-dealkylation sites (tertiary alicyclic amines) is 1. The van der Waals surface area contributed by atoms with Crippen LogP contribution in [0.2, 0.25) is 0 Å². The molecule has 22 heavy (non-hydrogen) atoms. The van der Waals surface area contributed by atoms with E-state index in [1.54, 1.807) is 0 Å². The summed E-state index contributed by atoms with van der Waals surface area (Å²) in [5.74, 6) is 2.13. The van der Waals surface area contributed by atoms with Crippen molar-refractivity contribution >= 4 is 5.96 Å². The molecule has 2 heterocycles. The second kappa shape index (κ2) is 7.01. The van der Waals surface area contributed by atoms with E-state index in [9.17, 15) is 0 Å². The van der Waals surface area contributed by atoms with Crippen LogP contribution in [-0.2, 0) is 0 Å². The monoisotopic (exact) mass is 302 g/mol. The van der Waals surface area contributed by atoms with E-state index in [2.05, 4.69) is 28.3 Å². The molecule has 0 radical (unpaired) electrons. The van der Waals surface area contributed by atoms with Gasteiger partial charge < -0.3 is 20.7 Å². The molecular weight excluding hydrogens is 276 g/mol. The van der Waals surface area contributed by atoms with E-state index in [1.165, 1.54) is 24.9 Å². The molecule has 1 aromatic carbocycles. The summed E-state index contributed by atoms with van der Waals surface area (Å²) in [4.78, 5) is 6.94. The highest BCUT2D eigenvalue weighted by Gasteiger charge is 2.21. The standard InChI is InChI=1S/C17H26N4O/c1-21-9-4-5-13(12-21)11-19-17(18)20-15-8-10-22-16-7-3-2-6-14(15)16/h2-3,6-7,13,15H,4-5,8-12H2,1H3,(H3,18,19,20). The highest BCUT2D eigenvalue weighted by Crippen LogP contribution is 2.31. The zero-order valence-corrected chi connectivity index (χ0v) is 13.3. The third-order valence-electron chi connectivity index (χ3n) is 4.52. The molecule has 2 aliphatic rings. The highest BCUT2D eigenvalue weighted by molar-refractivity contribution is 5.78. The first-order chi connectivity index (χ1) is 10.7. The molecule has 2 unspecified atom stereocenters. The van der Waals surface area contributed by atoms with Crippen LogP contribution in [0.3, 0.4) is 0 Å². The zero-order chi connectivity index (χ0) is 15.4. The van der Waals surface area contributed by atoms with Crippen LogP contribution in [0, 0.1) is 5.92 Å². The smallest absolute Gasteiger partial charge is 0.189 e. The predicted molar refractivity (Wildman–Crippen MR) is 89.1 cm³/mol. The van der Waals surface area contributed by atoms with Crippen molar-refractivity contribution in [1.82, 2.24) is 10.2 Å². The fourth-order valence-corrected chi connectivity index (χ4v) is 3.37. The number of rotatable bonds is 3. The van der Waals surface area contributed by atoms with Crippen molar-refractivity contribution in [3.63, 3.8) is 0 Å². The van der Waals surface area contributed by atoms with Crippen LogP contribution >= 0.6 is 0 Å². The Kier molecular flexibility index (Phi) is 4.83. The summed E-state index contributed by atoms with van der Waals surface area (Å²) >= 11 is 0. The summed E-state index contributed by atoms with van der Waals surface area (Å²) in [6.07, 6.45) is 3.43. The van der Waals surface area contributed by atoms with Gasteiger partial charge in [0, 0.05) is 25.1 Å². The Morgan fingerprint density at radius 2 is 2.27 bits per heavy atom. The van der Waals surface area contributed by atoms with E-state index in [0.717, 1.165) is 31.9 Å². The van der Waals surface area contributed by atoms with Crippen molar-refractivity contribution in [3.8, 4) is 5.75 Å². The van der Waals surface area contributed by atoms with Crippen LogP contribution in [-0.4, -0.2) is 44.1 Å². The maximum Gasteiger partial charge on any atom is 0.189 e. The van der Waals surface area contributed by atoms with Gasteiger partial charge in [0.15, 0.2) is 5.96 Å². The average Bonchev–Trinajstić information content (AvgIpc) is 2.53. The van der Waals surface area contributed by atoms with E-state index in [4.69, 9.17) is 10.5 Å². The van der Waals surface area contributed by atoms with E-state index < -0.39 is 0 Å². The van der Waals surface area contributed by atoms with Gasteiger partial charge in [0.1, 0.15) is 5.75 Å². The van der Waals surface area contributed by atoms with Crippen molar-refractivity contribution in [1.29, 1.82) is 0 Å². The first-order valence-corrected chi connectivity index (χ1v) is 8.19. The summed E-state index contributed by atoms with van der Waals surface area (Å²) in [5, 5.41) is 3.36. The number of nitrogens with zero attached hydrogens (tertiary/aromatic N) is 2. The van der Waals surface area contributed by atoms with Gasteiger partial charge >= 0.3 is 0 Å². The summed E-state index contributed by atoms with van der Waals surface area (Å²) in [7, 11) is 2.18. The van der Waals surface area contributed by atoms with Gasteiger partial charge in [-0.25, -0.2) is 0 Å². The minimum Gasteiger partial charge on any atom is -0.493 e. The van der Waals surface area contributed by atoms with Gasteiger partial charge in [-0.1, -0.05) is 18.2 Å². The van der Waals surface area contributed by atoms with Crippen LogP contribution in [0.5, 0.6) is 5.75 Å². The lowest BCUT2D eigenvalue weighted by atomic mass is 9.99. The molecule has 2 aliphatic heterocycles. The van der Waals surface area contributed by atoms with Crippen LogP contribution in [0.4, 0.5) is 0 Å². The Balaban J connectivity index is 1.57. The van der Waals surface area contributed by atoms with Gasteiger partial charge in [-0.15, -0.1) is 0 Å². The molecule has 0 amide bonds. The van der Waals surface area contributed by atoms with Crippen LogP contribution in [0.25, 0.3) is 0 Å². The minimum absolute atomic E-state index is 0.197. The van der Waals surface area contributed by atoms with Crippen molar-refractivity contribution in [3.05, 3.63) is 29.8 Å². The molecule has 2 atom stereocenters. The normalized spacial score (nSPS) is 26.1. The molecular formula is C17H26N4O. The largest absolute Gasteiger partial charge is 0.493 e. The molecule has 3 N–H and O–H groups in total. The maximum atomic E-state index is 6.10. The fourth-order valence-electron chi connectivity index (χ4n) is 3.37. The van der Waals surface area contributed by atoms with Crippen molar-refractivity contribution < 1.29 is 4.74 Å². The number of para-hydroxylation sites is 1. The Bertz CT molecular complexity index is 531. The van der Waals surface area contributed by atoms with Crippen molar-refractivity contribution in [2.75, 3.05) is 33.3 Å². The molecule has 3 rings (SSSR count). The molecule has 0 aromatic heterocycles. The second-order valence-electron chi connectivity index (χ2n) is 6.37. The number of hydrogen-bond acceptors (Lipinski definition) is 3. The Morgan fingerprint density at radius 1 is 1.41 bits per heavy atom. The van der Waals surface area contributed by atoms with Gasteiger partial charge in [-0.05, 0) is 38.4 Å². The molecule has 1 saturated heterocycles. The number of ether oxygens (including phenoxy) is 1. The number of nitrogens with one attached hydrogen (secondary N) is 1. The third-order valence-corrected chi connectivity index (χ3v) is 4.52. The Morgan fingerprint density at radius 3 is 3.14 bits per heavy atom. The van der Waals surface area contributed by atoms with Gasteiger partial charge in [-0.2, -0.15) is 0 Å². The number of hydrogen-bond donors (Lipinski definition) is 2. The topological polar surface area (TPSA) is 62.9 Å². The maximum absolute atomic E-state index is 6.10. The number of benzene rings is 1. The van der Waals surface area contributed by atoms with Crippen molar-refractivity contribution in [2.24, 2.45) is 16.6 Å². The quantitative estimate of drug-likeness (QED) is 0.660. The van der Waals surface area contributed by atoms with E-state index in [0.29, 0.717) is 11.9 Å². The summed E-state index contributed by atoms with van der Waals surface area (Å²) in [6.45, 7) is 3.85. The summed E-state index contributed by atoms with van der Waals surface area (Å²) < 4.78 is 5.68. The van der Waals surface area contributed by atoms with Crippen LogP contribution < -0.4 is 15.8 Å². The van der Waals surface area contributed by atoms with Crippen LogP contribution in [0.15, 0.2) is 29.3 Å². The highest BCUT2D eigenvalue weighted by atomic mass is 16.5. The van der Waals surface area contributed by atoms with Crippen LogP contribution in [0.1, 0.15) is 30.9 Å². The fraction of sp³-hybridized carbons (Fsp3) is 0.588. The predicted octanol–water partition coefficient (Wildman–Crippen LogP) is 1.76. The second-order valence-corrected chi connectivity index (χ2v) is 6.37. The molecule has 0 spiro atoms. The number of nitrogens with two attached hydrogens (primary N) is 1. The van der Waals surface area contributed by atoms with E-state index >= 15 is 0 Å². The van der Waals surface area contributed by atoms with Gasteiger partial charge in [0.25, 0.3) is 0 Å². The lowest BCUT2D eigenvalue weighted by Gasteiger charge is -2.29.